The molecule has 2 atom stereocenters. The molecule has 5 heteroatoms. The molecule has 2 saturated heterocycles. The van der Waals surface area contributed by atoms with Gasteiger partial charge in [-0.25, -0.2) is 4.79 Å². The van der Waals surface area contributed by atoms with Crippen molar-refractivity contribution in [1.82, 2.24) is 4.90 Å². The highest BCUT2D eigenvalue weighted by Gasteiger charge is 2.40. The van der Waals surface area contributed by atoms with Crippen molar-refractivity contribution in [3.05, 3.63) is 0 Å². The lowest BCUT2D eigenvalue weighted by Gasteiger charge is -2.31. The molecule has 0 aliphatic carbocycles. The Morgan fingerprint density at radius 1 is 1.62 bits per heavy atom. The van der Waals surface area contributed by atoms with E-state index in [1.807, 2.05) is 0 Å². The van der Waals surface area contributed by atoms with E-state index in [0.717, 1.165) is 6.42 Å². The average Bonchev–Trinajstić information content (AvgIpc) is 2.42. The van der Waals surface area contributed by atoms with Crippen LogP contribution in [0.4, 0.5) is 4.79 Å². The van der Waals surface area contributed by atoms with Gasteiger partial charge in [0.2, 0.25) is 0 Å². The van der Waals surface area contributed by atoms with E-state index in [4.69, 9.17) is 9.84 Å². The molecular weight excluding hydrogens is 174 g/mol. The van der Waals surface area contributed by atoms with Gasteiger partial charge in [0.15, 0.2) is 0 Å². The summed E-state index contributed by atoms with van der Waals surface area (Å²) in [6.45, 7) is 0.860. The summed E-state index contributed by atoms with van der Waals surface area (Å²) in [5.74, 6) is 0.0466. The number of nitrogens with zero attached hydrogens (tertiary/aromatic N) is 1. The normalized spacial score (nSPS) is 32.6. The van der Waals surface area contributed by atoms with Gasteiger partial charge in [-0.05, 0) is 6.42 Å². The smallest absolute Gasteiger partial charge is 0.407 e. The molecule has 0 spiro atoms. The second kappa shape index (κ2) is 2.90. The third-order valence-electron chi connectivity index (χ3n) is 2.68. The van der Waals surface area contributed by atoms with E-state index in [2.05, 4.69) is 0 Å². The Morgan fingerprint density at radius 3 is 3.08 bits per heavy atom. The summed E-state index contributed by atoms with van der Waals surface area (Å²) < 4.78 is 5.00. The van der Waals surface area contributed by atoms with Gasteiger partial charge in [-0.2, -0.15) is 0 Å². The molecule has 2 aliphatic rings. The van der Waals surface area contributed by atoms with Crippen LogP contribution in [0.15, 0.2) is 0 Å². The fourth-order valence-electron chi connectivity index (χ4n) is 1.94. The van der Waals surface area contributed by atoms with E-state index in [1.54, 1.807) is 0 Å². The van der Waals surface area contributed by atoms with E-state index in [9.17, 15) is 9.59 Å². The summed E-state index contributed by atoms with van der Waals surface area (Å²) in [5, 5.41) is 8.71. The van der Waals surface area contributed by atoms with Gasteiger partial charge in [0.25, 0.3) is 0 Å². The molecule has 2 rings (SSSR count). The first-order chi connectivity index (χ1) is 6.16. The standard InChI is InChI=1S/C8H11NO4/c10-7-3-5-1-2-9(8(11)12)4-6(5)13-7/h5-6H,1-4H2,(H,11,12)/t5-,6-/m0/s1. The van der Waals surface area contributed by atoms with Crippen LogP contribution in [0.25, 0.3) is 0 Å². The molecule has 1 amide bonds. The lowest BCUT2D eigenvalue weighted by Crippen LogP contribution is -2.44. The van der Waals surface area contributed by atoms with Crippen molar-refractivity contribution >= 4 is 12.1 Å². The van der Waals surface area contributed by atoms with Gasteiger partial charge in [0.1, 0.15) is 6.10 Å². The molecular formula is C8H11NO4. The Balaban J connectivity index is 2.01. The zero-order chi connectivity index (χ0) is 9.42. The molecule has 0 aromatic heterocycles. The third-order valence-corrected chi connectivity index (χ3v) is 2.68. The largest absolute Gasteiger partial charge is 0.465 e. The second-order valence-corrected chi connectivity index (χ2v) is 3.51. The summed E-state index contributed by atoms with van der Waals surface area (Å²) in [7, 11) is 0. The number of carbonyl (C=O) groups is 2. The Bertz CT molecular complexity index is 253. The SMILES string of the molecule is O=C1C[C@@H]2CCN(C(=O)O)C[C@@H]2O1. The number of fused-ring (bicyclic) bond motifs is 1. The van der Waals surface area contributed by atoms with Crippen molar-refractivity contribution in [2.75, 3.05) is 13.1 Å². The van der Waals surface area contributed by atoms with Crippen LogP contribution in [-0.2, 0) is 9.53 Å². The van der Waals surface area contributed by atoms with Crippen LogP contribution in [-0.4, -0.2) is 41.3 Å². The lowest BCUT2D eigenvalue weighted by atomic mass is 9.93. The van der Waals surface area contributed by atoms with Gasteiger partial charge in [-0.15, -0.1) is 0 Å². The topological polar surface area (TPSA) is 66.8 Å². The van der Waals surface area contributed by atoms with Crippen LogP contribution in [0.1, 0.15) is 12.8 Å². The number of hydrogen-bond acceptors (Lipinski definition) is 3. The predicted molar refractivity (Wildman–Crippen MR) is 42.2 cm³/mol. The molecule has 0 radical (unpaired) electrons. The van der Waals surface area contributed by atoms with Gasteiger partial charge in [-0.3, -0.25) is 4.79 Å². The van der Waals surface area contributed by atoms with E-state index in [-0.39, 0.29) is 18.0 Å². The van der Waals surface area contributed by atoms with Crippen LogP contribution in [0, 0.1) is 5.92 Å². The minimum absolute atomic E-state index is 0.192. The maximum atomic E-state index is 10.9. The second-order valence-electron chi connectivity index (χ2n) is 3.51. The number of piperidine rings is 1. The fraction of sp³-hybridized carbons (Fsp3) is 0.750. The van der Waals surface area contributed by atoms with E-state index in [1.165, 1.54) is 4.90 Å². The minimum Gasteiger partial charge on any atom is -0.465 e. The molecule has 0 unspecified atom stereocenters. The van der Waals surface area contributed by atoms with E-state index in [0.29, 0.717) is 19.5 Å². The lowest BCUT2D eigenvalue weighted by molar-refractivity contribution is -0.142. The molecule has 0 saturated carbocycles. The number of esters is 1. The van der Waals surface area contributed by atoms with Crippen LogP contribution >= 0.6 is 0 Å². The molecule has 13 heavy (non-hydrogen) atoms. The molecule has 2 fully saturated rings. The van der Waals surface area contributed by atoms with Gasteiger partial charge < -0.3 is 14.7 Å². The monoisotopic (exact) mass is 185 g/mol. The maximum Gasteiger partial charge on any atom is 0.407 e. The van der Waals surface area contributed by atoms with Crippen LogP contribution in [0.2, 0.25) is 0 Å². The fourth-order valence-corrected chi connectivity index (χ4v) is 1.94. The van der Waals surface area contributed by atoms with Gasteiger partial charge >= 0.3 is 12.1 Å². The molecule has 2 aliphatic heterocycles. The van der Waals surface area contributed by atoms with Crippen LogP contribution in [0.3, 0.4) is 0 Å². The Morgan fingerprint density at radius 2 is 2.38 bits per heavy atom. The van der Waals surface area contributed by atoms with Crippen LogP contribution in [0.5, 0.6) is 0 Å². The van der Waals surface area contributed by atoms with Crippen molar-refractivity contribution in [2.45, 2.75) is 18.9 Å². The number of carboxylic acid groups (broad SMARTS) is 1. The first-order valence-electron chi connectivity index (χ1n) is 4.34. The van der Waals surface area contributed by atoms with Crippen molar-refractivity contribution in [3.8, 4) is 0 Å². The molecule has 0 aromatic rings. The zero-order valence-corrected chi connectivity index (χ0v) is 7.10. The summed E-state index contributed by atoms with van der Waals surface area (Å²) >= 11 is 0. The van der Waals surface area contributed by atoms with Crippen LogP contribution < -0.4 is 0 Å². The predicted octanol–water partition coefficient (Wildman–Crippen LogP) is 0.302. The third kappa shape index (κ3) is 1.46. The average molecular weight is 185 g/mol. The number of rotatable bonds is 0. The van der Waals surface area contributed by atoms with Gasteiger partial charge in [0, 0.05) is 12.5 Å². The molecule has 0 bridgehead atoms. The van der Waals surface area contributed by atoms with Crippen molar-refractivity contribution in [3.63, 3.8) is 0 Å². The zero-order valence-electron chi connectivity index (χ0n) is 7.10. The van der Waals surface area contributed by atoms with Crippen molar-refractivity contribution < 1.29 is 19.4 Å². The summed E-state index contributed by atoms with van der Waals surface area (Å²) in [5.41, 5.74) is 0. The Hall–Kier alpha value is -1.26. The Labute approximate surface area is 75.3 Å². The molecule has 2 heterocycles. The number of hydrogen-bond donors (Lipinski definition) is 1. The highest BCUT2D eigenvalue weighted by atomic mass is 16.6. The number of ether oxygens (including phenoxy) is 1. The van der Waals surface area contributed by atoms with E-state index >= 15 is 0 Å². The Kier molecular flexibility index (Phi) is 1.86. The molecule has 1 N–H and O–H groups in total. The first-order valence-corrected chi connectivity index (χ1v) is 4.34. The molecule has 5 nitrogen and oxygen atoms in total. The highest BCUT2D eigenvalue weighted by molar-refractivity contribution is 5.72. The maximum absolute atomic E-state index is 10.9. The number of amides is 1. The van der Waals surface area contributed by atoms with Crippen molar-refractivity contribution in [2.24, 2.45) is 5.92 Å². The number of likely N-dealkylation sites (tertiary alicyclic amines) is 1. The summed E-state index contributed by atoms with van der Waals surface area (Å²) in [6, 6.07) is 0. The summed E-state index contributed by atoms with van der Waals surface area (Å²) in [6.07, 6.45) is 0.0691. The highest BCUT2D eigenvalue weighted by Crippen LogP contribution is 2.29. The molecule has 0 aromatic carbocycles. The quantitative estimate of drug-likeness (QED) is 0.551. The van der Waals surface area contributed by atoms with E-state index < -0.39 is 6.09 Å². The van der Waals surface area contributed by atoms with Gasteiger partial charge in [-0.1, -0.05) is 0 Å². The number of carbonyl (C=O) groups excluding carboxylic acids is 1. The molecule has 72 valence electrons. The summed E-state index contributed by atoms with van der Waals surface area (Å²) in [4.78, 5) is 22.8. The minimum atomic E-state index is -0.929. The first kappa shape index (κ1) is 8.34. The van der Waals surface area contributed by atoms with Crippen molar-refractivity contribution in [1.29, 1.82) is 0 Å². The van der Waals surface area contributed by atoms with Gasteiger partial charge in [0.05, 0.1) is 13.0 Å².